The van der Waals surface area contributed by atoms with Crippen molar-refractivity contribution in [3.63, 3.8) is 0 Å². The molecule has 0 saturated carbocycles. The van der Waals surface area contributed by atoms with Crippen LogP contribution >= 0.6 is 0 Å². The van der Waals surface area contributed by atoms with E-state index in [0.717, 1.165) is 37.1 Å². The first kappa shape index (κ1) is 23.4. The number of hydrogen-bond donors (Lipinski definition) is 1. The number of nitrogens with zero attached hydrogens (tertiary/aromatic N) is 6. The average Bonchev–Trinajstić information content (AvgIpc) is 3.31. The number of rotatable bonds is 5. The zero-order valence-corrected chi connectivity index (χ0v) is 21.0. The first-order chi connectivity index (χ1) is 18.1. The van der Waals surface area contributed by atoms with Crippen molar-refractivity contribution >= 4 is 22.8 Å². The van der Waals surface area contributed by atoms with Crippen LogP contribution in [0.5, 0.6) is 0 Å². The summed E-state index contributed by atoms with van der Waals surface area (Å²) in [6.45, 7) is 4.77. The van der Waals surface area contributed by atoms with Gasteiger partial charge in [-0.3, -0.25) is 14.4 Å². The predicted molar refractivity (Wildman–Crippen MR) is 146 cm³/mol. The molecule has 0 spiro atoms. The van der Waals surface area contributed by atoms with Gasteiger partial charge >= 0.3 is 5.69 Å². The van der Waals surface area contributed by atoms with Gasteiger partial charge in [0.05, 0.1) is 17.9 Å². The van der Waals surface area contributed by atoms with Gasteiger partial charge in [0.15, 0.2) is 11.2 Å². The molecule has 0 amide bonds. The van der Waals surface area contributed by atoms with Crippen molar-refractivity contribution in [1.29, 1.82) is 0 Å². The molecule has 9 heteroatoms. The normalized spacial score (nSPS) is 17.6. The Morgan fingerprint density at radius 2 is 1.81 bits per heavy atom. The molecule has 1 atom stereocenters. The predicted octanol–water partition coefficient (Wildman–Crippen LogP) is 2.34. The van der Waals surface area contributed by atoms with Gasteiger partial charge in [-0.2, -0.15) is 4.98 Å². The lowest BCUT2D eigenvalue weighted by molar-refractivity contribution is 0.494. The van der Waals surface area contributed by atoms with E-state index < -0.39 is 5.69 Å². The minimum Gasteiger partial charge on any atom is -0.341 e. The number of imidazole rings is 1. The SMILES string of the molecule is CCn1c(N2CCCC(N)C2)nc2c1c(=O)n(CC1=NCCc3ccccc31)c(=O)n2-c1ccccc1. The van der Waals surface area contributed by atoms with Crippen molar-refractivity contribution in [1.82, 2.24) is 18.7 Å². The van der Waals surface area contributed by atoms with Crippen LogP contribution in [0.25, 0.3) is 16.9 Å². The number of para-hydroxylation sites is 1. The van der Waals surface area contributed by atoms with E-state index in [9.17, 15) is 9.59 Å². The van der Waals surface area contributed by atoms with Crippen LogP contribution in [0.3, 0.4) is 0 Å². The minimum absolute atomic E-state index is 0.0521. The fourth-order valence-corrected chi connectivity index (χ4v) is 5.60. The van der Waals surface area contributed by atoms with Crippen LogP contribution in [-0.4, -0.2) is 50.1 Å². The van der Waals surface area contributed by atoms with E-state index in [-0.39, 0.29) is 18.1 Å². The fourth-order valence-electron chi connectivity index (χ4n) is 5.60. The number of piperidine rings is 1. The molecule has 2 aliphatic rings. The Morgan fingerprint density at radius 3 is 2.59 bits per heavy atom. The van der Waals surface area contributed by atoms with Crippen LogP contribution in [0.2, 0.25) is 0 Å². The largest absolute Gasteiger partial charge is 0.341 e. The van der Waals surface area contributed by atoms with Gasteiger partial charge in [0, 0.05) is 37.8 Å². The van der Waals surface area contributed by atoms with Crippen LogP contribution in [0.4, 0.5) is 5.95 Å². The van der Waals surface area contributed by atoms with Crippen molar-refractivity contribution in [3.8, 4) is 5.69 Å². The molecule has 1 unspecified atom stereocenters. The monoisotopic (exact) mass is 497 g/mol. The second-order valence-electron chi connectivity index (χ2n) is 9.76. The Labute approximate surface area is 214 Å². The zero-order valence-electron chi connectivity index (χ0n) is 21.0. The number of aromatic nitrogens is 4. The first-order valence-corrected chi connectivity index (χ1v) is 13.0. The third-order valence-electron chi connectivity index (χ3n) is 7.40. The molecule has 1 saturated heterocycles. The maximum Gasteiger partial charge on any atom is 0.337 e. The molecule has 4 heterocycles. The molecule has 0 aliphatic carbocycles. The van der Waals surface area contributed by atoms with Gasteiger partial charge in [0.2, 0.25) is 5.95 Å². The lowest BCUT2D eigenvalue weighted by Crippen LogP contribution is -2.44. The van der Waals surface area contributed by atoms with Crippen molar-refractivity contribution in [2.24, 2.45) is 10.7 Å². The van der Waals surface area contributed by atoms with Gasteiger partial charge in [-0.15, -0.1) is 0 Å². The minimum atomic E-state index is -0.419. The fraction of sp³-hybridized carbons (Fsp3) is 0.357. The van der Waals surface area contributed by atoms with Gasteiger partial charge in [-0.25, -0.2) is 9.36 Å². The molecule has 2 N–H and O–H groups in total. The quantitative estimate of drug-likeness (QED) is 0.456. The molecule has 37 heavy (non-hydrogen) atoms. The third-order valence-corrected chi connectivity index (χ3v) is 7.40. The van der Waals surface area contributed by atoms with E-state index in [1.807, 2.05) is 60.0 Å². The van der Waals surface area contributed by atoms with Crippen molar-refractivity contribution in [2.45, 2.75) is 45.3 Å². The number of anilines is 1. The molecule has 2 aliphatic heterocycles. The highest BCUT2D eigenvalue weighted by Crippen LogP contribution is 2.24. The number of aryl methyl sites for hydroxylation is 1. The summed E-state index contributed by atoms with van der Waals surface area (Å²) in [5, 5.41) is 0. The summed E-state index contributed by atoms with van der Waals surface area (Å²) < 4.78 is 4.81. The van der Waals surface area contributed by atoms with E-state index in [0.29, 0.717) is 42.4 Å². The van der Waals surface area contributed by atoms with Gasteiger partial charge < -0.3 is 15.2 Å². The Balaban J connectivity index is 1.60. The van der Waals surface area contributed by atoms with E-state index in [1.54, 1.807) is 4.57 Å². The van der Waals surface area contributed by atoms with Crippen molar-refractivity contribution < 1.29 is 0 Å². The van der Waals surface area contributed by atoms with Gasteiger partial charge in [-0.05, 0) is 43.9 Å². The summed E-state index contributed by atoms with van der Waals surface area (Å²) in [6, 6.07) is 17.5. The molecule has 2 aromatic carbocycles. The number of aliphatic imine (C=N–C) groups is 1. The number of nitrogens with two attached hydrogens (primary N) is 1. The van der Waals surface area contributed by atoms with Crippen LogP contribution in [-0.2, 0) is 19.5 Å². The summed E-state index contributed by atoms with van der Waals surface area (Å²) in [5.74, 6) is 0.687. The highest BCUT2D eigenvalue weighted by atomic mass is 16.2. The van der Waals surface area contributed by atoms with Crippen LogP contribution in [0.15, 0.2) is 69.2 Å². The average molecular weight is 498 g/mol. The Bertz CT molecular complexity index is 1610. The zero-order chi connectivity index (χ0) is 25.5. The number of benzene rings is 2. The lowest BCUT2D eigenvalue weighted by Gasteiger charge is -2.31. The topological polar surface area (TPSA) is 103 Å². The maximum absolute atomic E-state index is 14.0. The molecule has 6 rings (SSSR count). The molecular formula is C28H31N7O2. The molecular weight excluding hydrogens is 466 g/mol. The molecule has 1 fully saturated rings. The summed E-state index contributed by atoms with van der Waals surface area (Å²) in [4.78, 5) is 39.8. The Morgan fingerprint density at radius 1 is 1.03 bits per heavy atom. The highest BCUT2D eigenvalue weighted by Gasteiger charge is 2.27. The van der Waals surface area contributed by atoms with Gasteiger partial charge in [0.1, 0.15) is 0 Å². The molecule has 4 aromatic rings. The second kappa shape index (κ2) is 9.48. The van der Waals surface area contributed by atoms with Crippen molar-refractivity contribution in [2.75, 3.05) is 24.5 Å². The lowest BCUT2D eigenvalue weighted by atomic mass is 9.98. The first-order valence-electron chi connectivity index (χ1n) is 13.0. The molecule has 0 radical (unpaired) electrons. The molecule has 2 aromatic heterocycles. The second-order valence-corrected chi connectivity index (χ2v) is 9.76. The summed E-state index contributed by atoms with van der Waals surface area (Å²) in [6.07, 6.45) is 2.78. The van der Waals surface area contributed by atoms with Crippen LogP contribution in [0, 0.1) is 0 Å². The van der Waals surface area contributed by atoms with Crippen LogP contribution in [0.1, 0.15) is 30.9 Å². The van der Waals surface area contributed by atoms with E-state index in [2.05, 4.69) is 11.0 Å². The summed E-state index contributed by atoms with van der Waals surface area (Å²) >= 11 is 0. The van der Waals surface area contributed by atoms with E-state index >= 15 is 0 Å². The van der Waals surface area contributed by atoms with Crippen LogP contribution < -0.4 is 21.9 Å². The van der Waals surface area contributed by atoms with E-state index in [4.69, 9.17) is 15.7 Å². The molecule has 9 nitrogen and oxygen atoms in total. The Hall–Kier alpha value is -3.98. The van der Waals surface area contributed by atoms with Gasteiger partial charge in [-0.1, -0.05) is 42.5 Å². The maximum atomic E-state index is 14.0. The molecule has 0 bridgehead atoms. The van der Waals surface area contributed by atoms with Gasteiger partial charge in [0.25, 0.3) is 5.56 Å². The summed E-state index contributed by atoms with van der Waals surface area (Å²) in [7, 11) is 0. The van der Waals surface area contributed by atoms with Crippen molar-refractivity contribution in [3.05, 3.63) is 86.6 Å². The summed E-state index contributed by atoms with van der Waals surface area (Å²) in [5.41, 5.74) is 9.91. The standard InChI is InChI=1S/C28H31N7O2/c1-2-33-24-25(31-27(33)32-16-8-10-20(29)17-32)35(21-11-4-3-5-12-21)28(37)34(26(24)36)18-23-22-13-7-6-9-19(22)14-15-30-23/h3-7,9,11-13,20H,2,8,10,14-18,29H2,1H3. The third kappa shape index (κ3) is 3.99. The highest BCUT2D eigenvalue weighted by molar-refractivity contribution is 6.02. The number of fused-ring (bicyclic) bond motifs is 2. The smallest absolute Gasteiger partial charge is 0.337 e. The molecule has 190 valence electrons. The number of hydrogen-bond acceptors (Lipinski definition) is 6. The Kier molecular flexibility index (Phi) is 6.00. The van der Waals surface area contributed by atoms with E-state index in [1.165, 1.54) is 10.1 Å².